The molecule has 1 aliphatic heterocycles. The topological polar surface area (TPSA) is 66.2 Å². The summed E-state index contributed by atoms with van der Waals surface area (Å²) in [6, 6.07) is 9.56. The molecule has 6 heteroatoms. The standard InChI is InChI=1S/C22H25N3O3/c1-14-11-18(16(3)25(14)12-17-7-6-10-27-17)21(26)13-28-22-15(2)23-19-8-4-5-9-20(19)24-22/h4-5,8-9,11,17H,6-7,10,12-13H2,1-3H3/t17-/m1/s1. The van der Waals surface area contributed by atoms with Crippen LogP contribution in [-0.2, 0) is 11.3 Å². The van der Waals surface area contributed by atoms with E-state index in [4.69, 9.17) is 9.47 Å². The molecular formula is C22H25N3O3. The van der Waals surface area contributed by atoms with Crippen LogP contribution in [0.2, 0.25) is 0 Å². The second kappa shape index (κ2) is 7.72. The number of rotatable bonds is 6. The van der Waals surface area contributed by atoms with Gasteiger partial charge in [-0.05, 0) is 51.8 Å². The van der Waals surface area contributed by atoms with Gasteiger partial charge in [-0.3, -0.25) is 4.79 Å². The van der Waals surface area contributed by atoms with Crippen molar-refractivity contribution in [1.82, 2.24) is 14.5 Å². The van der Waals surface area contributed by atoms with Gasteiger partial charge in [-0.2, -0.15) is 0 Å². The third kappa shape index (κ3) is 3.64. The Balaban J connectivity index is 1.49. The molecule has 0 unspecified atom stereocenters. The van der Waals surface area contributed by atoms with Gasteiger partial charge in [-0.25, -0.2) is 9.97 Å². The molecule has 6 nitrogen and oxygen atoms in total. The maximum absolute atomic E-state index is 12.8. The normalized spacial score (nSPS) is 16.6. The van der Waals surface area contributed by atoms with Crippen LogP contribution in [0.15, 0.2) is 30.3 Å². The number of aromatic nitrogens is 3. The first-order chi connectivity index (χ1) is 13.5. The molecule has 0 amide bonds. The van der Waals surface area contributed by atoms with Crippen LogP contribution in [0.1, 0.15) is 40.3 Å². The van der Waals surface area contributed by atoms with E-state index in [2.05, 4.69) is 14.5 Å². The number of hydrogen-bond donors (Lipinski definition) is 0. The molecular weight excluding hydrogens is 354 g/mol. The summed E-state index contributed by atoms with van der Waals surface area (Å²) in [5, 5.41) is 0. The minimum Gasteiger partial charge on any atom is -0.468 e. The van der Waals surface area contributed by atoms with E-state index in [0.717, 1.165) is 48.4 Å². The number of fused-ring (bicyclic) bond motifs is 1. The smallest absolute Gasteiger partial charge is 0.236 e. The Kier molecular flexibility index (Phi) is 5.13. The molecule has 1 saturated heterocycles. The Morgan fingerprint density at radius 1 is 1.21 bits per heavy atom. The summed E-state index contributed by atoms with van der Waals surface area (Å²) in [4.78, 5) is 21.8. The Morgan fingerprint density at radius 2 is 1.96 bits per heavy atom. The fraction of sp³-hybridized carbons (Fsp3) is 0.409. The fourth-order valence-corrected chi connectivity index (χ4v) is 3.78. The quantitative estimate of drug-likeness (QED) is 0.610. The summed E-state index contributed by atoms with van der Waals surface area (Å²) in [5.74, 6) is 0.348. The maximum Gasteiger partial charge on any atom is 0.236 e. The van der Waals surface area contributed by atoms with E-state index in [-0.39, 0.29) is 18.5 Å². The summed E-state index contributed by atoms with van der Waals surface area (Å²) in [5.41, 5.74) is 4.97. The van der Waals surface area contributed by atoms with E-state index < -0.39 is 0 Å². The van der Waals surface area contributed by atoms with Gasteiger partial charge in [0.1, 0.15) is 5.69 Å². The Hall–Kier alpha value is -2.73. The van der Waals surface area contributed by atoms with Crippen LogP contribution >= 0.6 is 0 Å². The molecule has 0 spiro atoms. The number of hydrogen-bond acceptors (Lipinski definition) is 5. The molecule has 146 valence electrons. The van der Waals surface area contributed by atoms with Gasteiger partial charge in [-0.1, -0.05) is 12.1 Å². The molecule has 1 fully saturated rings. The van der Waals surface area contributed by atoms with Gasteiger partial charge in [-0.15, -0.1) is 0 Å². The van der Waals surface area contributed by atoms with E-state index in [1.165, 1.54) is 0 Å². The van der Waals surface area contributed by atoms with Crippen molar-refractivity contribution in [2.45, 2.75) is 46.3 Å². The molecule has 0 aliphatic carbocycles. The number of para-hydroxylation sites is 2. The zero-order chi connectivity index (χ0) is 19.7. The van der Waals surface area contributed by atoms with E-state index in [1.807, 2.05) is 51.1 Å². The highest BCUT2D eigenvalue weighted by atomic mass is 16.5. The largest absolute Gasteiger partial charge is 0.468 e. The summed E-state index contributed by atoms with van der Waals surface area (Å²) >= 11 is 0. The van der Waals surface area contributed by atoms with Crippen molar-refractivity contribution >= 4 is 16.8 Å². The lowest BCUT2D eigenvalue weighted by molar-refractivity contribution is 0.0911. The average Bonchev–Trinajstić information content (AvgIpc) is 3.30. The number of aryl methyl sites for hydroxylation is 2. The number of ether oxygens (including phenoxy) is 2. The third-order valence-electron chi connectivity index (χ3n) is 5.33. The second-order valence-electron chi connectivity index (χ2n) is 7.35. The minimum atomic E-state index is -0.0575. The Labute approximate surface area is 164 Å². The average molecular weight is 379 g/mol. The lowest BCUT2D eigenvalue weighted by atomic mass is 10.1. The highest BCUT2D eigenvalue weighted by Crippen LogP contribution is 2.22. The zero-order valence-corrected chi connectivity index (χ0v) is 16.6. The van der Waals surface area contributed by atoms with E-state index in [0.29, 0.717) is 17.1 Å². The molecule has 1 atom stereocenters. The predicted molar refractivity (Wildman–Crippen MR) is 107 cm³/mol. The van der Waals surface area contributed by atoms with E-state index in [1.54, 1.807) is 0 Å². The van der Waals surface area contributed by atoms with Crippen molar-refractivity contribution in [1.29, 1.82) is 0 Å². The minimum absolute atomic E-state index is 0.0546. The molecule has 3 heterocycles. The molecule has 1 aromatic carbocycles. The van der Waals surface area contributed by atoms with Gasteiger partial charge in [0.15, 0.2) is 6.61 Å². The molecule has 3 aromatic rings. The van der Waals surface area contributed by atoms with Gasteiger partial charge in [0, 0.05) is 30.1 Å². The number of benzene rings is 1. The highest BCUT2D eigenvalue weighted by molar-refractivity contribution is 5.98. The number of nitrogens with zero attached hydrogens (tertiary/aromatic N) is 3. The number of Topliss-reactive ketones (excluding diaryl/α,β-unsaturated/α-hetero) is 1. The number of carbonyl (C=O) groups excluding carboxylic acids is 1. The highest BCUT2D eigenvalue weighted by Gasteiger charge is 2.21. The van der Waals surface area contributed by atoms with Crippen LogP contribution in [0.25, 0.3) is 11.0 Å². The molecule has 28 heavy (non-hydrogen) atoms. The first kappa shape index (κ1) is 18.6. The zero-order valence-electron chi connectivity index (χ0n) is 16.6. The van der Waals surface area contributed by atoms with Crippen molar-refractivity contribution < 1.29 is 14.3 Å². The van der Waals surface area contributed by atoms with Crippen molar-refractivity contribution in [3.05, 3.63) is 53.0 Å². The molecule has 0 saturated carbocycles. The van der Waals surface area contributed by atoms with Crippen molar-refractivity contribution in [3.63, 3.8) is 0 Å². The molecule has 1 aliphatic rings. The van der Waals surface area contributed by atoms with Gasteiger partial charge in [0.05, 0.1) is 17.1 Å². The fourth-order valence-electron chi connectivity index (χ4n) is 3.78. The van der Waals surface area contributed by atoms with Crippen LogP contribution in [0.4, 0.5) is 0 Å². The first-order valence-corrected chi connectivity index (χ1v) is 9.70. The summed E-state index contributed by atoms with van der Waals surface area (Å²) in [6.07, 6.45) is 2.42. The lowest BCUT2D eigenvalue weighted by Crippen LogP contribution is -2.18. The molecule has 4 rings (SSSR count). The monoisotopic (exact) mass is 379 g/mol. The van der Waals surface area contributed by atoms with Crippen LogP contribution in [0.3, 0.4) is 0 Å². The SMILES string of the molecule is Cc1nc2ccccc2nc1OCC(=O)c1cc(C)n(C[C@H]2CCCO2)c1C. The Morgan fingerprint density at radius 3 is 2.68 bits per heavy atom. The summed E-state index contributed by atoms with van der Waals surface area (Å²) in [6.45, 7) is 7.41. The third-order valence-corrected chi connectivity index (χ3v) is 5.33. The van der Waals surface area contributed by atoms with E-state index in [9.17, 15) is 4.79 Å². The number of ketones is 1. The van der Waals surface area contributed by atoms with Crippen molar-refractivity contribution in [2.75, 3.05) is 13.2 Å². The van der Waals surface area contributed by atoms with Gasteiger partial charge in [0.25, 0.3) is 0 Å². The van der Waals surface area contributed by atoms with Crippen LogP contribution < -0.4 is 4.74 Å². The first-order valence-electron chi connectivity index (χ1n) is 9.70. The molecule has 0 bridgehead atoms. The Bertz CT molecular complexity index is 1020. The predicted octanol–water partition coefficient (Wildman–Crippen LogP) is 3.80. The van der Waals surface area contributed by atoms with Crippen LogP contribution in [-0.4, -0.2) is 39.6 Å². The summed E-state index contributed by atoms with van der Waals surface area (Å²) in [7, 11) is 0. The van der Waals surface area contributed by atoms with Crippen molar-refractivity contribution in [3.8, 4) is 5.88 Å². The molecule has 0 N–H and O–H groups in total. The van der Waals surface area contributed by atoms with Gasteiger partial charge >= 0.3 is 0 Å². The molecule has 0 radical (unpaired) electrons. The van der Waals surface area contributed by atoms with Gasteiger partial charge in [0.2, 0.25) is 11.7 Å². The number of carbonyl (C=O) groups is 1. The van der Waals surface area contributed by atoms with Crippen LogP contribution in [0.5, 0.6) is 5.88 Å². The second-order valence-corrected chi connectivity index (χ2v) is 7.35. The van der Waals surface area contributed by atoms with E-state index >= 15 is 0 Å². The molecule has 2 aromatic heterocycles. The van der Waals surface area contributed by atoms with Crippen molar-refractivity contribution in [2.24, 2.45) is 0 Å². The summed E-state index contributed by atoms with van der Waals surface area (Å²) < 4.78 is 13.7. The maximum atomic E-state index is 12.8. The lowest BCUT2D eigenvalue weighted by Gasteiger charge is -2.15. The van der Waals surface area contributed by atoms with Crippen LogP contribution in [0, 0.1) is 20.8 Å². The van der Waals surface area contributed by atoms with Gasteiger partial charge < -0.3 is 14.0 Å².